The average Bonchev–Trinajstić information content (AvgIpc) is 2.69. The Morgan fingerprint density at radius 2 is 1.90 bits per heavy atom. The van der Waals surface area contributed by atoms with Gasteiger partial charge >= 0.3 is 0 Å². The summed E-state index contributed by atoms with van der Waals surface area (Å²) >= 11 is 0. The maximum atomic E-state index is 12.6. The number of nitrogens with one attached hydrogen (secondary N) is 3. The predicted octanol–water partition coefficient (Wildman–Crippen LogP) is 2.10. The zero-order valence-corrected chi connectivity index (χ0v) is 17.9. The lowest BCUT2D eigenvalue weighted by Gasteiger charge is -2.24. The number of nitrogens with zero attached hydrogens (tertiary/aromatic N) is 1. The molecule has 160 valence electrons. The minimum absolute atomic E-state index is 0.0885. The molecule has 2 aromatic carbocycles. The van der Waals surface area contributed by atoms with E-state index >= 15 is 0 Å². The van der Waals surface area contributed by atoms with Gasteiger partial charge in [-0.2, -0.15) is 0 Å². The van der Waals surface area contributed by atoms with E-state index in [9.17, 15) is 18.0 Å². The van der Waals surface area contributed by atoms with Gasteiger partial charge < -0.3 is 20.7 Å². The lowest BCUT2D eigenvalue weighted by molar-refractivity contribution is -0.122. The summed E-state index contributed by atoms with van der Waals surface area (Å²) in [6, 6.07) is 10.6. The quantitative estimate of drug-likeness (QED) is 0.644. The number of amides is 2. The third kappa shape index (κ3) is 4.55. The van der Waals surface area contributed by atoms with E-state index in [4.69, 9.17) is 4.74 Å². The van der Waals surface area contributed by atoms with Crippen molar-refractivity contribution in [3.05, 3.63) is 42.5 Å². The second kappa shape index (κ2) is 8.33. The first kappa shape index (κ1) is 21.6. The molecule has 2 atom stereocenters. The van der Waals surface area contributed by atoms with Crippen molar-refractivity contribution in [2.24, 2.45) is 0 Å². The molecule has 0 fully saturated rings. The van der Waals surface area contributed by atoms with E-state index in [1.807, 2.05) is 0 Å². The zero-order chi connectivity index (χ0) is 22.1. The Morgan fingerprint density at radius 1 is 1.17 bits per heavy atom. The van der Waals surface area contributed by atoms with Gasteiger partial charge in [-0.25, -0.2) is 12.7 Å². The van der Waals surface area contributed by atoms with Gasteiger partial charge in [0.05, 0.1) is 10.6 Å². The van der Waals surface area contributed by atoms with E-state index in [0.717, 1.165) is 4.31 Å². The maximum absolute atomic E-state index is 12.6. The summed E-state index contributed by atoms with van der Waals surface area (Å²) in [5.74, 6) is -0.0253. The van der Waals surface area contributed by atoms with Gasteiger partial charge in [-0.15, -0.1) is 0 Å². The van der Waals surface area contributed by atoms with Crippen molar-refractivity contribution in [2.75, 3.05) is 30.0 Å². The molecule has 0 spiro atoms. The number of benzene rings is 2. The van der Waals surface area contributed by atoms with Crippen LogP contribution in [0.15, 0.2) is 47.4 Å². The summed E-state index contributed by atoms with van der Waals surface area (Å²) in [4.78, 5) is 24.4. The Labute approximate surface area is 175 Å². The normalized spacial score (nSPS) is 16.8. The molecule has 30 heavy (non-hydrogen) atoms. The second-order valence-electron chi connectivity index (χ2n) is 7.13. The number of sulfonamides is 1. The highest BCUT2D eigenvalue weighted by molar-refractivity contribution is 7.89. The fraction of sp³-hybridized carbons (Fsp3) is 0.300. The van der Waals surface area contributed by atoms with Crippen LogP contribution in [0.3, 0.4) is 0 Å². The molecule has 0 aliphatic carbocycles. The molecule has 2 amide bonds. The second-order valence-corrected chi connectivity index (χ2v) is 9.28. The minimum atomic E-state index is -3.60. The Hall–Kier alpha value is -3.11. The summed E-state index contributed by atoms with van der Waals surface area (Å²) in [7, 11) is -0.714. The number of ether oxygens (including phenoxy) is 1. The van der Waals surface area contributed by atoms with Crippen LogP contribution < -0.4 is 20.7 Å². The monoisotopic (exact) mass is 432 g/mol. The Morgan fingerprint density at radius 3 is 2.60 bits per heavy atom. The topological polar surface area (TPSA) is 117 Å². The molecule has 1 heterocycles. The third-order valence-corrected chi connectivity index (χ3v) is 6.38. The first-order chi connectivity index (χ1) is 14.1. The Balaban J connectivity index is 1.69. The molecule has 1 aliphatic heterocycles. The number of hydrogen-bond donors (Lipinski definition) is 3. The smallest absolute Gasteiger partial charge is 0.265 e. The van der Waals surface area contributed by atoms with Crippen molar-refractivity contribution >= 4 is 38.9 Å². The number of fused-ring (bicyclic) bond motifs is 1. The van der Waals surface area contributed by atoms with E-state index in [1.165, 1.54) is 26.2 Å². The average molecular weight is 433 g/mol. The van der Waals surface area contributed by atoms with Crippen LogP contribution >= 0.6 is 0 Å². The van der Waals surface area contributed by atoms with E-state index < -0.39 is 22.2 Å². The minimum Gasteiger partial charge on any atom is -0.479 e. The lowest BCUT2D eigenvalue weighted by atomic mass is 10.2. The summed E-state index contributed by atoms with van der Waals surface area (Å²) in [6.07, 6.45) is -0.562. The fourth-order valence-electron chi connectivity index (χ4n) is 2.81. The van der Waals surface area contributed by atoms with Gasteiger partial charge in [0.25, 0.3) is 5.91 Å². The molecule has 0 aromatic heterocycles. The van der Waals surface area contributed by atoms with E-state index in [2.05, 4.69) is 16.0 Å². The summed E-state index contributed by atoms with van der Waals surface area (Å²) in [6.45, 7) is 3.34. The number of hydrogen-bond acceptors (Lipinski definition) is 6. The molecule has 0 bridgehead atoms. The molecule has 3 rings (SSSR count). The molecule has 10 heteroatoms. The van der Waals surface area contributed by atoms with Crippen molar-refractivity contribution in [1.29, 1.82) is 0 Å². The van der Waals surface area contributed by atoms with Gasteiger partial charge in [-0.3, -0.25) is 9.59 Å². The predicted molar refractivity (Wildman–Crippen MR) is 114 cm³/mol. The SMILES string of the molecule is C[C@H](Nc1ccc2c(c1)NC(=O)[C@@H](C)O2)C(=O)Nc1cccc(S(=O)(=O)N(C)C)c1. The third-order valence-electron chi connectivity index (χ3n) is 4.57. The number of carbonyl (C=O) groups excluding carboxylic acids is 2. The molecule has 0 saturated heterocycles. The largest absolute Gasteiger partial charge is 0.479 e. The van der Waals surface area contributed by atoms with Gasteiger partial charge in [0.2, 0.25) is 15.9 Å². The van der Waals surface area contributed by atoms with Crippen LogP contribution in [0.2, 0.25) is 0 Å². The first-order valence-electron chi connectivity index (χ1n) is 9.29. The van der Waals surface area contributed by atoms with Gasteiger partial charge in [0, 0.05) is 25.5 Å². The van der Waals surface area contributed by atoms with E-state index in [1.54, 1.807) is 44.2 Å². The molecular formula is C20H24N4O5S. The number of rotatable bonds is 6. The van der Waals surface area contributed by atoms with Gasteiger partial charge in [0.15, 0.2) is 6.10 Å². The summed E-state index contributed by atoms with van der Waals surface area (Å²) < 4.78 is 31.2. The van der Waals surface area contributed by atoms with E-state index in [-0.39, 0.29) is 16.7 Å². The highest BCUT2D eigenvalue weighted by Crippen LogP contribution is 2.32. The van der Waals surface area contributed by atoms with Crippen molar-refractivity contribution in [2.45, 2.75) is 30.9 Å². The molecule has 0 saturated carbocycles. The van der Waals surface area contributed by atoms with Crippen LogP contribution in [-0.4, -0.2) is 50.8 Å². The standard InChI is InChI=1S/C20H24N4O5S/c1-12(21-15-8-9-18-17(11-15)23-20(26)13(2)29-18)19(25)22-14-6-5-7-16(10-14)30(27,28)24(3)4/h5-13,21H,1-4H3,(H,22,25)(H,23,26)/t12-,13+/m0/s1. The number of carbonyl (C=O) groups is 2. The Kier molecular flexibility index (Phi) is 5.99. The van der Waals surface area contributed by atoms with Gasteiger partial charge in [-0.1, -0.05) is 6.07 Å². The summed E-state index contributed by atoms with van der Waals surface area (Å²) in [5.41, 5.74) is 1.52. The molecule has 3 N–H and O–H groups in total. The molecular weight excluding hydrogens is 408 g/mol. The van der Waals surface area contributed by atoms with Crippen LogP contribution in [0.5, 0.6) is 5.75 Å². The molecule has 0 unspecified atom stereocenters. The van der Waals surface area contributed by atoms with Crippen LogP contribution in [0.4, 0.5) is 17.1 Å². The van der Waals surface area contributed by atoms with Crippen LogP contribution in [0, 0.1) is 0 Å². The summed E-state index contributed by atoms with van der Waals surface area (Å²) in [5, 5.41) is 8.52. The first-order valence-corrected chi connectivity index (χ1v) is 10.7. The van der Waals surface area contributed by atoms with Gasteiger partial charge in [0.1, 0.15) is 11.8 Å². The zero-order valence-electron chi connectivity index (χ0n) is 17.1. The maximum Gasteiger partial charge on any atom is 0.265 e. The highest BCUT2D eigenvalue weighted by Gasteiger charge is 2.24. The van der Waals surface area contributed by atoms with Crippen LogP contribution in [0.25, 0.3) is 0 Å². The van der Waals surface area contributed by atoms with Gasteiger partial charge in [-0.05, 0) is 50.2 Å². The van der Waals surface area contributed by atoms with Crippen molar-refractivity contribution < 1.29 is 22.7 Å². The molecule has 9 nitrogen and oxygen atoms in total. The van der Waals surface area contributed by atoms with Crippen molar-refractivity contribution in [3.63, 3.8) is 0 Å². The molecule has 2 aromatic rings. The van der Waals surface area contributed by atoms with Crippen LogP contribution in [0.1, 0.15) is 13.8 Å². The lowest BCUT2D eigenvalue weighted by Crippen LogP contribution is -2.34. The molecule has 1 aliphatic rings. The highest BCUT2D eigenvalue weighted by atomic mass is 32.2. The Bertz CT molecular complexity index is 1080. The molecule has 0 radical (unpaired) electrons. The number of anilines is 3. The fourth-order valence-corrected chi connectivity index (χ4v) is 3.76. The van der Waals surface area contributed by atoms with Crippen LogP contribution in [-0.2, 0) is 19.6 Å². The van der Waals surface area contributed by atoms with Crippen molar-refractivity contribution in [1.82, 2.24) is 4.31 Å². The van der Waals surface area contributed by atoms with Crippen molar-refractivity contribution in [3.8, 4) is 5.75 Å². The van der Waals surface area contributed by atoms with E-state index in [0.29, 0.717) is 22.8 Å².